The van der Waals surface area contributed by atoms with Crippen LogP contribution >= 0.6 is 0 Å². The summed E-state index contributed by atoms with van der Waals surface area (Å²) in [4.78, 5) is 21.4. The number of rotatable bonds is 5. The van der Waals surface area contributed by atoms with Gasteiger partial charge >= 0.3 is 11.9 Å². The molecule has 0 aromatic carbocycles. The predicted molar refractivity (Wildman–Crippen MR) is 43.9 cm³/mol. The number of hydrogen-bond acceptors (Lipinski definition) is 5. The molecule has 0 heterocycles. The van der Waals surface area contributed by atoms with Gasteiger partial charge < -0.3 is 14.6 Å². The van der Waals surface area contributed by atoms with Gasteiger partial charge in [0, 0.05) is 0 Å². The average Bonchev–Trinajstić information content (AvgIpc) is 2.00. The van der Waals surface area contributed by atoms with Gasteiger partial charge in [0.25, 0.3) is 0 Å². The van der Waals surface area contributed by atoms with Gasteiger partial charge in [-0.05, 0) is 13.8 Å². The van der Waals surface area contributed by atoms with E-state index in [1.54, 1.807) is 6.92 Å². The van der Waals surface area contributed by atoms with E-state index >= 15 is 0 Å². The molecule has 5 nitrogen and oxygen atoms in total. The van der Waals surface area contributed by atoms with Gasteiger partial charge in [-0.1, -0.05) is 0 Å². The molecule has 0 bridgehead atoms. The third-order valence-electron chi connectivity index (χ3n) is 1.12. The first-order valence-electron chi connectivity index (χ1n) is 4.05. The van der Waals surface area contributed by atoms with E-state index in [-0.39, 0.29) is 19.6 Å². The van der Waals surface area contributed by atoms with E-state index in [2.05, 4.69) is 9.47 Å². The molecule has 0 aliphatic carbocycles. The highest BCUT2D eigenvalue weighted by Gasteiger charge is 2.10. The van der Waals surface area contributed by atoms with Gasteiger partial charge in [0.2, 0.25) is 0 Å². The Morgan fingerprint density at radius 2 is 1.92 bits per heavy atom. The highest BCUT2D eigenvalue weighted by molar-refractivity contribution is 5.76. The maximum atomic E-state index is 10.8. The minimum Gasteiger partial charge on any atom is -0.463 e. The van der Waals surface area contributed by atoms with Crippen molar-refractivity contribution in [2.75, 3.05) is 13.2 Å². The number of carbonyl (C=O) groups excluding carboxylic acids is 2. The molecule has 0 saturated carbocycles. The lowest BCUT2D eigenvalue weighted by atomic mass is 10.3. The molecule has 0 spiro atoms. The zero-order valence-electron chi connectivity index (χ0n) is 7.78. The summed E-state index contributed by atoms with van der Waals surface area (Å²) < 4.78 is 9.01. The van der Waals surface area contributed by atoms with Crippen LogP contribution in [0.3, 0.4) is 0 Å². The minimum atomic E-state index is -0.755. The SMILES string of the molecule is CCOC(=O)COC(=O)CC(C)O. The normalized spacial score (nSPS) is 11.9. The molecule has 0 aliphatic rings. The lowest BCUT2D eigenvalue weighted by molar-refractivity contribution is -0.159. The molecule has 0 radical (unpaired) electrons. The lowest BCUT2D eigenvalue weighted by Crippen LogP contribution is -2.19. The Bertz CT molecular complexity index is 175. The molecule has 0 rings (SSSR count). The van der Waals surface area contributed by atoms with E-state index in [0.29, 0.717) is 0 Å². The second-order valence-corrected chi connectivity index (χ2v) is 2.52. The summed E-state index contributed by atoms with van der Waals surface area (Å²) in [5, 5.41) is 8.77. The van der Waals surface area contributed by atoms with Crippen LogP contribution in [0.4, 0.5) is 0 Å². The van der Waals surface area contributed by atoms with Crippen LogP contribution in [-0.4, -0.2) is 36.4 Å². The van der Waals surface area contributed by atoms with Crippen molar-refractivity contribution in [3.63, 3.8) is 0 Å². The molecule has 1 N–H and O–H groups in total. The summed E-state index contributed by atoms with van der Waals surface area (Å²) in [6.07, 6.45) is -0.867. The molecule has 1 unspecified atom stereocenters. The Kier molecular flexibility index (Phi) is 5.88. The lowest BCUT2D eigenvalue weighted by Gasteiger charge is -2.05. The Hall–Kier alpha value is -1.10. The van der Waals surface area contributed by atoms with E-state index < -0.39 is 18.0 Å². The second kappa shape index (κ2) is 6.42. The molecule has 0 aliphatic heterocycles. The van der Waals surface area contributed by atoms with E-state index in [9.17, 15) is 9.59 Å². The Morgan fingerprint density at radius 1 is 1.31 bits per heavy atom. The van der Waals surface area contributed by atoms with Crippen LogP contribution in [0.15, 0.2) is 0 Å². The molecule has 0 amide bonds. The van der Waals surface area contributed by atoms with Gasteiger partial charge in [0.15, 0.2) is 6.61 Å². The van der Waals surface area contributed by atoms with E-state index in [0.717, 1.165) is 0 Å². The number of aliphatic hydroxyl groups is 1. The summed E-state index contributed by atoms with van der Waals surface area (Å²) in [6.45, 7) is 2.99. The van der Waals surface area contributed by atoms with Gasteiger partial charge in [-0.25, -0.2) is 4.79 Å². The standard InChI is InChI=1S/C8H14O5/c1-3-12-8(11)5-13-7(10)4-6(2)9/h6,9H,3-5H2,1-2H3. The van der Waals surface area contributed by atoms with Crippen molar-refractivity contribution in [3.05, 3.63) is 0 Å². The summed E-state index contributed by atoms with van der Waals surface area (Å²) in [5.74, 6) is -1.19. The van der Waals surface area contributed by atoms with Crippen molar-refractivity contribution in [3.8, 4) is 0 Å². The van der Waals surface area contributed by atoms with Gasteiger partial charge in [-0.15, -0.1) is 0 Å². The molecule has 0 saturated heterocycles. The fourth-order valence-corrected chi connectivity index (χ4v) is 0.642. The Balaban J connectivity index is 3.52. The van der Waals surface area contributed by atoms with Crippen LogP contribution < -0.4 is 0 Å². The average molecular weight is 190 g/mol. The molecule has 5 heteroatoms. The van der Waals surface area contributed by atoms with Crippen molar-refractivity contribution in [2.24, 2.45) is 0 Å². The Morgan fingerprint density at radius 3 is 2.38 bits per heavy atom. The first-order chi connectivity index (χ1) is 6.06. The molecular weight excluding hydrogens is 176 g/mol. The molecule has 76 valence electrons. The quantitative estimate of drug-likeness (QED) is 0.611. The highest BCUT2D eigenvalue weighted by atomic mass is 16.6. The third-order valence-corrected chi connectivity index (χ3v) is 1.12. The first-order valence-corrected chi connectivity index (χ1v) is 4.05. The highest BCUT2D eigenvalue weighted by Crippen LogP contribution is 1.93. The smallest absolute Gasteiger partial charge is 0.344 e. The van der Waals surface area contributed by atoms with Crippen molar-refractivity contribution in [1.82, 2.24) is 0 Å². The molecule has 0 aromatic heterocycles. The van der Waals surface area contributed by atoms with E-state index in [4.69, 9.17) is 5.11 Å². The predicted octanol–water partition coefficient (Wildman–Crippen LogP) is -0.136. The fourth-order valence-electron chi connectivity index (χ4n) is 0.642. The monoisotopic (exact) mass is 190 g/mol. The van der Waals surface area contributed by atoms with Crippen molar-refractivity contribution in [1.29, 1.82) is 0 Å². The number of hydrogen-bond donors (Lipinski definition) is 1. The van der Waals surface area contributed by atoms with Crippen LogP contribution in [0.5, 0.6) is 0 Å². The maximum Gasteiger partial charge on any atom is 0.344 e. The maximum absolute atomic E-state index is 10.8. The van der Waals surface area contributed by atoms with Crippen LogP contribution in [0, 0.1) is 0 Å². The topological polar surface area (TPSA) is 72.8 Å². The minimum absolute atomic E-state index is 0.112. The zero-order chi connectivity index (χ0) is 10.3. The number of ether oxygens (including phenoxy) is 2. The van der Waals surface area contributed by atoms with Gasteiger partial charge in [-0.3, -0.25) is 4.79 Å². The van der Waals surface area contributed by atoms with Gasteiger partial charge in [-0.2, -0.15) is 0 Å². The van der Waals surface area contributed by atoms with Crippen LogP contribution in [0.1, 0.15) is 20.3 Å². The summed E-state index contributed by atoms with van der Waals surface area (Å²) in [7, 11) is 0. The number of esters is 2. The fraction of sp³-hybridized carbons (Fsp3) is 0.750. The van der Waals surface area contributed by atoms with Gasteiger partial charge in [0.1, 0.15) is 0 Å². The summed E-state index contributed by atoms with van der Waals surface area (Å²) in [6, 6.07) is 0. The second-order valence-electron chi connectivity index (χ2n) is 2.52. The van der Waals surface area contributed by atoms with Crippen molar-refractivity contribution < 1.29 is 24.2 Å². The molecular formula is C8H14O5. The first kappa shape index (κ1) is 11.9. The third kappa shape index (κ3) is 7.27. The summed E-state index contributed by atoms with van der Waals surface area (Å²) >= 11 is 0. The van der Waals surface area contributed by atoms with Gasteiger partial charge in [0.05, 0.1) is 19.1 Å². The molecule has 13 heavy (non-hydrogen) atoms. The largest absolute Gasteiger partial charge is 0.463 e. The van der Waals surface area contributed by atoms with E-state index in [1.165, 1.54) is 6.92 Å². The van der Waals surface area contributed by atoms with Crippen molar-refractivity contribution >= 4 is 11.9 Å². The molecule has 0 fully saturated rings. The zero-order valence-corrected chi connectivity index (χ0v) is 7.78. The van der Waals surface area contributed by atoms with Crippen LogP contribution in [-0.2, 0) is 19.1 Å². The summed E-state index contributed by atoms with van der Waals surface area (Å²) in [5.41, 5.74) is 0. The van der Waals surface area contributed by atoms with Crippen LogP contribution in [0.25, 0.3) is 0 Å². The van der Waals surface area contributed by atoms with E-state index in [1.807, 2.05) is 0 Å². The molecule has 0 aromatic rings. The number of aliphatic hydroxyl groups excluding tert-OH is 1. The Labute approximate surface area is 76.6 Å². The van der Waals surface area contributed by atoms with Crippen molar-refractivity contribution in [2.45, 2.75) is 26.4 Å². The molecule has 1 atom stereocenters. The van der Waals surface area contributed by atoms with Crippen LogP contribution in [0.2, 0.25) is 0 Å². The number of carbonyl (C=O) groups is 2.